The van der Waals surface area contributed by atoms with Crippen LogP contribution in [-0.4, -0.2) is 0 Å². The van der Waals surface area contributed by atoms with Crippen LogP contribution < -0.4 is 11.5 Å². The molecule has 0 aliphatic carbocycles. The quantitative estimate of drug-likeness (QED) is 0.590. The van der Waals surface area contributed by atoms with E-state index in [4.69, 9.17) is 11.5 Å². The van der Waals surface area contributed by atoms with Crippen LogP contribution in [0.1, 0.15) is 44.6 Å². The van der Waals surface area contributed by atoms with Crippen molar-refractivity contribution in [3.63, 3.8) is 0 Å². The molecule has 0 unspecified atom stereocenters. The van der Waals surface area contributed by atoms with Crippen LogP contribution in [0, 0.1) is 0 Å². The molecule has 2 rings (SSSR count). The summed E-state index contributed by atoms with van der Waals surface area (Å²) in [5, 5.41) is 2.26. The Morgan fingerprint density at radius 1 is 0.895 bits per heavy atom. The molecule has 2 heteroatoms. The third-order valence-electron chi connectivity index (χ3n) is 3.64. The Kier molecular flexibility index (Phi) is 4.67. The van der Waals surface area contributed by atoms with Gasteiger partial charge in [0.2, 0.25) is 0 Å². The first-order valence-corrected chi connectivity index (χ1v) is 7.28. The van der Waals surface area contributed by atoms with Crippen molar-refractivity contribution in [1.82, 2.24) is 0 Å². The van der Waals surface area contributed by atoms with Gasteiger partial charge < -0.3 is 11.5 Å². The first-order valence-electron chi connectivity index (χ1n) is 7.28. The van der Waals surface area contributed by atoms with Gasteiger partial charge in [-0.25, -0.2) is 0 Å². The molecular weight excluding hydrogens is 232 g/mol. The van der Waals surface area contributed by atoms with Crippen molar-refractivity contribution in [2.45, 2.75) is 45.4 Å². The summed E-state index contributed by atoms with van der Waals surface area (Å²) in [7, 11) is 0. The highest BCUT2D eigenvalue weighted by Gasteiger charge is 2.02. The molecule has 4 N–H and O–H groups in total. The molecule has 0 aliphatic heterocycles. The summed E-state index contributed by atoms with van der Waals surface area (Å²) >= 11 is 0. The number of nitrogen functional groups attached to an aromatic ring is 2. The van der Waals surface area contributed by atoms with Crippen molar-refractivity contribution in [2.75, 3.05) is 11.5 Å². The van der Waals surface area contributed by atoms with E-state index >= 15 is 0 Å². The normalized spacial score (nSPS) is 11.0. The fourth-order valence-electron chi connectivity index (χ4n) is 2.56. The third-order valence-corrected chi connectivity index (χ3v) is 3.64. The second-order valence-corrected chi connectivity index (χ2v) is 5.33. The molecule has 0 bridgehead atoms. The van der Waals surface area contributed by atoms with Gasteiger partial charge in [0.25, 0.3) is 0 Å². The van der Waals surface area contributed by atoms with Crippen molar-refractivity contribution in [3.05, 3.63) is 35.9 Å². The van der Waals surface area contributed by atoms with Gasteiger partial charge in [-0.3, -0.25) is 0 Å². The second kappa shape index (κ2) is 6.46. The molecule has 0 aromatic heterocycles. The van der Waals surface area contributed by atoms with Crippen LogP contribution in [0.5, 0.6) is 0 Å². The highest BCUT2D eigenvalue weighted by atomic mass is 14.6. The number of fused-ring (bicyclic) bond motifs is 1. The first-order chi connectivity index (χ1) is 9.20. The van der Waals surface area contributed by atoms with Crippen molar-refractivity contribution in [3.8, 4) is 0 Å². The van der Waals surface area contributed by atoms with E-state index in [-0.39, 0.29) is 0 Å². The zero-order valence-corrected chi connectivity index (χ0v) is 11.8. The third kappa shape index (κ3) is 3.63. The van der Waals surface area contributed by atoms with Crippen LogP contribution in [0.4, 0.5) is 11.4 Å². The van der Waals surface area contributed by atoms with E-state index in [9.17, 15) is 0 Å². The summed E-state index contributed by atoms with van der Waals surface area (Å²) in [4.78, 5) is 0. The minimum atomic E-state index is 0.798. The van der Waals surface area contributed by atoms with E-state index in [1.807, 2.05) is 18.2 Å². The molecule has 19 heavy (non-hydrogen) atoms. The number of anilines is 2. The summed E-state index contributed by atoms with van der Waals surface area (Å²) in [5.41, 5.74) is 14.9. The molecule has 2 nitrogen and oxygen atoms in total. The van der Waals surface area contributed by atoms with Gasteiger partial charge in [0, 0.05) is 16.8 Å². The SMILES string of the molecule is CCCCCCCc1cc(N)c2ccc(N)cc2c1. The molecule has 0 atom stereocenters. The molecule has 0 amide bonds. The average Bonchev–Trinajstić information content (AvgIpc) is 2.38. The molecule has 2 aromatic carbocycles. The second-order valence-electron chi connectivity index (χ2n) is 5.33. The fraction of sp³-hybridized carbons (Fsp3) is 0.412. The standard InChI is InChI=1S/C17H24N2/c1-2-3-4-5-6-7-13-10-14-12-15(18)8-9-16(14)17(19)11-13/h8-12H,2-7,18-19H2,1H3. The lowest BCUT2D eigenvalue weighted by Crippen LogP contribution is -1.93. The minimum absolute atomic E-state index is 0.798. The molecule has 0 saturated carbocycles. The summed E-state index contributed by atoms with van der Waals surface area (Å²) in [5.74, 6) is 0. The Morgan fingerprint density at radius 3 is 2.47 bits per heavy atom. The Morgan fingerprint density at radius 2 is 1.68 bits per heavy atom. The predicted octanol–water partition coefficient (Wildman–Crippen LogP) is 4.52. The molecule has 0 heterocycles. The molecule has 0 saturated heterocycles. The Bertz CT molecular complexity index is 546. The Hall–Kier alpha value is -1.70. The maximum Gasteiger partial charge on any atom is 0.0396 e. The van der Waals surface area contributed by atoms with Crippen LogP contribution in [0.2, 0.25) is 0 Å². The maximum atomic E-state index is 6.12. The fourth-order valence-corrected chi connectivity index (χ4v) is 2.56. The number of hydrogen-bond donors (Lipinski definition) is 2. The zero-order chi connectivity index (χ0) is 13.7. The van der Waals surface area contributed by atoms with Crippen molar-refractivity contribution in [2.24, 2.45) is 0 Å². The van der Waals surface area contributed by atoms with Gasteiger partial charge >= 0.3 is 0 Å². The summed E-state index contributed by atoms with van der Waals surface area (Å²) in [6.07, 6.45) is 7.64. The first kappa shape index (κ1) is 13.7. The van der Waals surface area contributed by atoms with Crippen LogP contribution in [-0.2, 0) is 6.42 Å². The topological polar surface area (TPSA) is 52.0 Å². The number of nitrogens with two attached hydrogens (primary N) is 2. The van der Waals surface area contributed by atoms with E-state index in [0.717, 1.165) is 28.6 Å². The maximum absolute atomic E-state index is 6.12. The van der Waals surface area contributed by atoms with Gasteiger partial charge in [0.1, 0.15) is 0 Å². The van der Waals surface area contributed by atoms with Crippen molar-refractivity contribution in [1.29, 1.82) is 0 Å². The van der Waals surface area contributed by atoms with Gasteiger partial charge in [-0.05, 0) is 42.0 Å². The van der Waals surface area contributed by atoms with Crippen LogP contribution in [0.15, 0.2) is 30.3 Å². The summed E-state index contributed by atoms with van der Waals surface area (Å²) in [6, 6.07) is 10.3. The molecule has 2 aromatic rings. The molecule has 0 radical (unpaired) electrons. The number of aryl methyl sites for hydroxylation is 1. The molecule has 0 spiro atoms. The lowest BCUT2D eigenvalue weighted by molar-refractivity contribution is 0.632. The van der Waals surface area contributed by atoms with Gasteiger partial charge in [0.15, 0.2) is 0 Å². The zero-order valence-electron chi connectivity index (χ0n) is 11.8. The minimum Gasteiger partial charge on any atom is -0.399 e. The highest BCUT2D eigenvalue weighted by molar-refractivity contribution is 5.95. The largest absolute Gasteiger partial charge is 0.399 e. The smallest absolute Gasteiger partial charge is 0.0396 e. The van der Waals surface area contributed by atoms with E-state index in [1.54, 1.807) is 0 Å². The van der Waals surface area contributed by atoms with Crippen LogP contribution in [0.25, 0.3) is 10.8 Å². The number of unbranched alkanes of at least 4 members (excludes halogenated alkanes) is 4. The molecule has 0 fully saturated rings. The van der Waals surface area contributed by atoms with Crippen molar-refractivity contribution < 1.29 is 0 Å². The number of benzene rings is 2. The van der Waals surface area contributed by atoms with Crippen LogP contribution in [0.3, 0.4) is 0 Å². The predicted molar refractivity (Wildman–Crippen MR) is 85.2 cm³/mol. The van der Waals surface area contributed by atoms with Crippen molar-refractivity contribution >= 4 is 22.1 Å². The van der Waals surface area contributed by atoms with E-state index < -0.39 is 0 Å². The Labute approximate surface area is 115 Å². The van der Waals surface area contributed by atoms with Gasteiger partial charge in [0.05, 0.1) is 0 Å². The monoisotopic (exact) mass is 256 g/mol. The Balaban J connectivity index is 2.07. The summed E-state index contributed by atoms with van der Waals surface area (Å²) in [6.45, 7) is 2.24. The molecule has 0 aliphatic rings. The van der Waals surface area contributed by atoms with Crippen LogP contribution >= 0.6 is 0 Å². The average molecular weight is 256 g/mol. The van der Waals surface area contributed by atoms with Gasteiger partial charge in [-0.15, -0.1) is 0 Å². The number of rotatable bonds is 6. The van der Waals surface area contributed by atoms with E-state index in [0.29, 0.717) is 0 Å². The highest BCUT2D eigenvalue weighted by Crippen LogP contribution is 2.26. The lowest BCUT2D eigenvalue weighted by atomic mass is 10.00. The number of hydrogen-bond acceptors (Lipinski definition) is 2. The lowest BCUT2D eigenvalue weighted by Gasteiger charge is -2.08. The van der Waals surface area contributed by atoms with Gasteiger partial charge in [-0.1, -0.05) is 44.7 Å². The van der Waals surface area contributed by atoms with E-state index in [2.05, 4.69) is 19.1 Å². The van der Waals surface area contributed by atoms with Gasteiger partial charge in [-0.2, -0.15) is 0 Å². The molecular formula is C17H24N2. The summed E-state index contributed by atoms with van der Waals surface area (Å²) < 4.78 is 0. The molecule has 102 valence electrons. The van der Waals surface area contributed by atoms with E-state index in [1.165, 1.54) is 37.7 Å².